The Labute approximate surface area is 228 Å². The number of benzene rings is 2. The number of hydrogen-bond donors (Lipinski definition) is 0. The van der Waals surface area contributed by atoms with Gasteiger partial charge in [0.1, 0.15) is 0 Å². The Morgan fingerprint density at radius 2 is 1.58 bits per heavy atom. The summed E-state index contributed by atoms with van der Waals surface area (Å²) in [7, 11) is -2.95. The molecule has 0 unspecified atom stereocenters. The third kappa shape index (κ3) is 5.85. The van der Waals surface area contributed by atoms with E-state index >= 15 is 0 Å². The van der Waals surface area contributed by atoms with Gasteiger partial charge in [-0.3, -0.25) is 0 Å². The van der Waals surface area contributed by atoms with Crippen LogP contribution in [0.15, 0.2) is 53.7 Å². The molecule has 0 amide bonds. The van der Waals surface area contributed by atoms with Gasteiger partial charge >= 0.3 is 205 Å². The Kier molecular flexibility index (Phi) is 9.64. The first-order valence-corrected chi connectivity index (χ1v) is 19.2. The molecule has 4 rings (SSSR count). The van der Waals surface area contributed by atoms with Crippen LogP contribution >= 0.6 is 0 Å². The number of rotatable bonds is 6. The van der Waals surface area contributed by atoms with Crippen LogP contribution in [0.3, 0.4) is 0 Å². The van der Waals surface area contributed by atoms with Crippen LogP contribution < -0.4 is 35.3 Å². The Morgan fingerprint density at radius 3 is 2.21 bits per heavy atom. The third-order valence-electron chi connectivity index (χ3n) is 6.52. The van der Waals surface area contributed by atoms with E-state index in [2.05, 4.69) is 94.3 Å². The molecule has 0 fully saturated rings. The van der Waals surface area contributed by atoms with E-state index in [9.17, 15) is 0 Å². The van der Waals surface area contributed by atoms with Gasteiger partial charge in [0.15, 0.2) is 0 Å². The summed E-state index contributed by atoms with van der Waals surface area (Å²) in [5, 5.41) is 7.21. The van der Waals surface area contributed by atoms with Gasteiger partial charge in [0.25, 0.3) is 0 Å². The molecule has 33 heavy (non-hydrogen) atoms. The van der Waals surface area contributed by atoms with Crippen LogP contribution in [0.25, 0.3) is 14.9 Å². The van der Waals surface area contributed by atoms with Gasteiger partial charge in [-0.05, 0) is 0 Å². The van der Waals surface area contributed by atoms with Crippen molar-refractivity contribution in [2.45, 2.75) is 52.1 Å². The molecule has 0 aromatic heterocycles. The van der Waals surface area contributed by atoms with E-state index in [1.54, 1.807) is 5.20 Å². The SMILES string of the molecule is CC=c1ccc2c(c1C1=CC([Si](C)(C)CCO[Si](C)(C)C)=CC1)[C]([Zr+2])=c1ccccc1=2.[Cl-].[Cl-]. The predicted molar refractivity (Wildman–Crippen MR) is 135 cm³/mol. The van der Waals surface area contributed by atoms with E-state index in [0.29, 0.717) is 0 Å². The van der Waals surface area contributed by atoms with E-state index in [0.717, 1.165) is 13.0 Å². The van der Waals surface area contributed by atoms with Crippen molar-refractivity contribution in [2.24, 2.45) is 0 Å². The molecule has 0 N–H and O–H groups in total. The zero-order valence-electron chi connectivity index (χ0n) is 20.5. The first kappa shape index (κ1) is 28.8. The molecule has 0 spiro atoms. The van der Waals surface area contributed by atoms with E-state index < -0.39 is 16.4 Å². The minimum Gasteiger partial charge on any atom is -1.00 e. The molecule has 2 aromatic carbocycles. The summed E-state index contributed by atoms with van der Waals surface area (Å²) < 4.78 is 7.71. The average molecular weight is 592 g/mol. The largest absolute Gasteiger partial charge is 1.00 e. The van der Waals surface area contributed by atoms with E-state index in [-0.39, 0.29) is 24.8 Å². The standard InChI is InChI=1S/C27H33OSi2.2ClH.Zr/c1-7-20-13-15-25-24-11-9-8-10-21(24)19-26(25)27(20)22-12-14-23(18-22)30(5,6)17-16-28-29(2,3)4;;;/h7-11,13-15,18H,12,16-17H2,1-6H3;2*1H;/q;;;+2/p-2. The molecule has 0 radical (unpaired) electrons. The van der Waals surface area contributed by atoms with Gasteiger partial charge in [-0.25, -0.2) is 0 Å². The summed E-state index contributed by atoms with van der Waals surface area (Å²) in [5.74, 6) is 0. The second-order valence-electron chi connectivity index (χ2n) is 10.3. The first-order valence-electron chi connectivity index (χ1n) is 11.3. The van der Waals surface area contributed by atoms with Crippen LogP contribution in [0.1, 0.15) is 24.5 Å². The summed E-state index contributed by atoms with van der Waals surface area (Å²) in [6, 6.07) is 14.8. The number of allylic oxidation sites excluding steroid dienone is 4. The van der Waals surface area contributed by atoms with E-state index in [4.69, 9.17) is 4.43 Å². The van der Waals surface area contributed by atoms with Crippen LogP contribution in [-0.2, 0) is 29.1 Å². The summed E-state index contributed by atoms with van der Waals surface area (Å²) in [5.41, 5.74) is 4.45. The fraction of sp³-hybridized carbons (Fsp3) is 0.333. The molecule has 0 bridgehead atoms. The van der Waals surface area contributed by atoms with Crippen molar-refractivity contribution in [3.63, 3.8) is 0 Å². The topological polar surface area (TPSA) is 9.23 Å². The van der Waals surface area contributed by atoms with Crippen molar-refractivity contribution in [3.05, 3.63) is 85.7 Å². The summed E-state index contributed by atoms with van der Waals surface area (Å²) in [6.45, 7) is 14.9. The first-order chi connectivity index (χ1) is 14.6. The molecule has 173 valence electrons. The van der Waals surface area contributed by atoms with Crippen LogP contribution in [0.4, 0.5) is 0 Å². The second kappa shape index (κ2) is 11.1. The van der Waals surface area contributed by atoms with E-state index in [1.807, 2.05) is 0 Å². The monoisotopic (exact) mass is 589 g/mol. The van der Waals surface area contributed by atoms with Crippen LogP contribution in [0.2, 0.25) is 38.8 Å². The van der Waals surface area contributed by atoms with Crippen molar-refractivity contribution >= 4 is 31.3 Å². The molecular formula is C27H33Cl2OSi2Zr. The molecule has 0 saturated heterocycles. The van der Waals surface area contributed by atoms with Gasteiger partial charge in [0.05, 0.1) is 0 Å². The van der Waals surface area contributed by atoms with Crippen molar-refractivity contribution in [2.75, 3.05) is 6.61 Å². The smallest absolute Gasteiger partial charge is 1.00 e. The number of fused-ring (bicyclic) bond motifs is 2. The maximum atomic E-state index is 6.20. The van der Waals surface area contributed by atoms with Crippen LogP contribution in [0, 0.1) is 10.4 Å². The predicted octanol–water partition coefficient (Wildman–Crippen LogP) is -0.389. The van der Waals surface area contributed by atoms with Gasteiger partial charge in [-0.2, -0.15) is 0 Å². The second-order valence-corrected chi connectivity index (χ2v) is 20.9. The Bertz CT molecular complexity index is 1320. The molecule has 2 aromatic rings. The maximum absolute atomic E-state index is 6.20. The molecule has 0 atom stereocenters. The van der Waals surface area contributed by atoms with Gasteiger partial charge in [-0.1, -0.05) is 0 Å². The van der Waals surface area contributed by atoms with Gasteiger partial charge in [-0.15, -0.1) is 0 Å². The van der Waals surface area contributed by atoms with E-state index in [1.165, 1.54) is 71.6 Å². The Balaban J connectivity index is 0.00000193. The third-order valence-corrected chi connectivity index (χ3v) is 12.2. The van der Waals surface area contributed by atoms with Gasteiger partial charge in [0.2, 0.25) is 0 Å². The quantitative estimate of drug-likeness (QED) is 0.416. The fourth-order valence-electron chi connectivity index (χ4n) is 4.69. The Hall–Kier alpha value is -0.483. The molecule has 6 heteroatoms. The van der Waals surface area contributed by atoms with Crippen molar-refractivity contribution in [1.82, 2.24) is 0 Å². The summed E-state index contributed by atoms with van der Waals surface area (Å²) in [6.07, 6.45) is 8.39. The maximum Gasteiger partial charge on any atom is -1.00 e. The van der Waals surface area contributed by atoms with Crippen molar-refractivity contribution < 1.29 is 54.0 Å². The minimum atomic E-state index is -1.51. The zero-order chi connectivity index (χ0) is 22.4. The number of halogens is 2. The molecule has 0 saturated carbocycles. The van der Waals surface area contributed by atoms with Crippen molar-refractivity contribution in [1.29, 1.82) is 0 Å². The fourth-order valence-corrected chi connectivity index (χ4v) is 8.90. The van der Waals surface area contributed by atoms with Crippen LogP contribution in [-0.4, -0.2) is 23.0 Å². The van der Waals surface area contributed by atoms with Crippen LogP contribution in [0.5, 0.6) is 0 Å². The zero-order valence-corrected chi connectivity index (χ0v) is 26.5. The molecular weight excluding hydrogens is 559 g/mol. The molecule has 1 nitrogen and oxygen atoms in total. The van der Waals surface area contributed by atoms with Gasteiger partial charge in [0, 0.05) is 0 Å². The van der Waals surface area contributed by atoms with Gasteiger partial charge < -0.3 is 24.8 Å². The minimum absolute atomic E-state index is 0. The molecule has 0 heterocycles. The molecule has 2 aliphatic carbocycles. The molecule has 0 aliphatic heterocycles. The molecule has 2 aliphatic rings. The average Bonchev–Trinajstić information content (AvgIpc) is 3.31. The summed E-state index contributed by atoms with van der Waals surface area (Å²) >= 11 is 1.50. The number of hydrogen-bond acceptors (Lipinski definition) is 1. The summed E-state index contributed by atoms with van der Waals surface area (Å²) in [4.78, 5) is 0. The van der Waals surface area contributed by atoms with Crippen molar-refractivity contribution in [3.8, 4) is 0 Å². The Morgan fingerprint density at radius 1 is 0.909 bits per heavy atom. The normalized spacial score (nSPS) is 15.4.